The van der Waals surface area contributed by atoms with Gasteiger partial charge in [-0.1, -0.05) is 36.8 Å². The second-order valence-corrected chi connectivity index (χ2v) is 14.1. The van der Waals surface area contributed by atoms with E-state index in [0.29, 0.717) is 30.1 Å². The maximum absolute atomic E-state index is 12.8. The molecule has 9 nitrogen and oxygen atoms in total. The van der Waals surface area contributed by atoms with Crippen LogP contribution in [-0.2, 0) is 26.6 Å². The van der Waals surface area contributed by atoms with Gasteiger partial charge in [-0.2, -0.15) is 4.31 Å². The zero-order valence-electron chi connectivity index (χ0n) is 23.7. The third-order valence-corrected chi connectivity index (χ3v) is 10.1. The van der Waals surface area contributed by atoms with E-state index in [1.165, 1.54) is 14.9 Å². The van der Waals surface area contributed by atoms with Gasteiger partial charge in [-0.15, -0.1) is 0 Å². The summed E-state index contributed by atoms with van der Waals surface area (Å²) >= 11 is 0. The highest BCUT2D eigenvalue weighted by molar-refractivity contribution is 7.92. The van der Waals surface area contributed by atoms with Gasteiger partial charge in [-0.3, -0.25) is 9.10 Å². The average molecular weight is 600 g/mol. The van der Waals surface area contributed by atoms with Crippen LogP contribution in [-0.4, -0.2) is 59.5 Å². The molecule has 1 saturated heterocycles. The number of hydrogen-bond donors (Lipinski definition) is 1. The van der Waals surface area contributed by atoms with Gasteiger partial charge >= 0.3 is 0 Å². The molecule has 3 aromatic rings. The SMILES string of the molecule is Cc1cccc(C)c1N(Cc1ccc(C(=O)NCCOc2ccc(S(=O)(=O)N3CCCCC3)cc2)cc1)S(C)(=O)=O. The van der Waals surface area contributed by atoms with Gasteiger partial charge in [0, 0.05) is 18.7 Å². The van der Waals surface area contributed by atoms with Gasteiger partial charge in [0.25, 0.3) is 5.91 Å². The molecular formula is C30H37N3O6S2. The van der Waals surface area contributed by atoms with E-state index in [9.17, 15) is 21.6 Å². The predicted molar refractivity (Wildman–Crippen MR) is 160 cm³/mol. The average Bonchev–Trinajstić information content (AvgIpc) is 2.95. The molecular weight excluding hydrogens is 562 g/mol. The lowest BCUT2D eigenvalue weighted by Gasteiger charge is -2.26. The standard InChI is InChI=1S/C30H37N3O6S2/c1-23-8-7-9-24(2)29(23)33(40(3,35)36)22-25-10-12-26(13-11-25)30(34)31-18-21-39-27-14-16-28(17-15-27)41(37,38)32-19-5-4-6-20-32/h7-17H,4-6,18-22H2,1-3H3,(H,31,34). The fraction of sp³-hybridized carbons (Fsp3) is 0.367. The zero-order valence-corrected chi connectivity index (χ0v) is 25.3. The molecule has 3 aromatic carbocycles. The van der Waals surface area contributed by atoms with Crippen LogP contribution >= 0.6 is 0 Å². The molecule has 220 valence electrons. The highest BCUT2D eigenvalue weighted by Gasteiger charge is 2.26. The van der Waals surface area contributed by atoms with Gasteiger partial charge in [0.1, 0.15) is 12.4 Å². The summed E-state index contributed by atoms with van der Waals surface area (Å²) in [6.07, 6.45) is 4.01. The zero-order chi connectivity index (χ0) is 29.6. The van der Waals surface area contributed by atoms with Crippen LogP contribution in [0.2, 0.25) is 0 Å². The topological polar surface area (TPSA) is 113 Å². The number of para-hydroxylation sites is 1. The summed E-state index contributed by atoms with van der Waals surface area (Å²) in [7, 11) is -7.03. The minimum absolute atomic E-state index is 0.151. The molecule has 0 spiro atoms. The van der Waals surface area contributed by atoms with Gasteiger partial charge in [-0.25, -0.2) is 16.8 Å². The van der Waals surface area contributed by atoms with E-state index in [4.69, 9.17) is 4.74 Å². The lowest BCUT2D eigenvalue weighted by molar-refractivity contribution is 0.0947. The first-order chi connectivity index (χ1) is 19.5. The maximum atomic E-state index is 12.8. The monoisotopic (exact) mass is 599 g/mol. The first-order valence-electron chi connectivity index (χ1n) is 13.6. The Bertz CT molecular complexity index is 1550. The van der Waals surface area contributed by atoms with Crippen molar-refractivity contribution in [3.05, 3.63) is 89.0 Å². The minimum atomic E-state index is -3.53. The number of carbonyl (C=O) groups excluding carboxylic acids is 1. The number of aryl methyl sites for hydroxylation is 2. The molecule has 0 unspecified atom stereocenters. The number of ether oxygens (including phenoxy) is 1. The number of carbonyl (C=O) groups is 1. The van der Waals surface area contributed by atoms with Crippen LogP contribution in [0.1, 0.15) is 46.3 Å². The highest BCUT2D eigenvalue weighted by atomic mass is 32.2. The molecule has 0 aliphatic carbocycles. The van der Waals surface area contributed by atoms with Crippen molar-refractivity contribution >= 4 is 31.6 Å². The molecule has 4 rings (SSSR count). The Morgan fingerprint density at radius 1 is 0.878 bits per heavy atom. The van der Waals surface area contributed by atoms with E-state index in [2.05, 4.69) is 5.32 Å². The molecule has 1 aliphatic heterocycles. The number of amides is 1. The van der Waals surface area contributed by atoms with Crippen LogP contribution in [0.3, 0.4) is 0 Å². The van der Waals surface area contributed by atoms with Crippen molar-refractivity contribution in [2.45, 2.75) is 44.6 Å². The Morgan fingerprint density at radius 3 is 2.07 bits per heavy atom. The van der Waals surface area contributed by atoms with Gasteiger partial charge < -0.3 is 10.1 Å². The Kier molecular flexibility index (Phi) is 9.72. The molecule has 1 fully saturated rings. The smallest absolute Gasteiger partial charge is 0.251 e. The lowest BCUT2D eigenvalue weighted by atomic mass is 10.1. The quantitative estimate of drug-likeness (QED) is 0.330. The molecule has 0 bridgehead atoms. The van der Waals surface area contributed by atoms with Crippen LogP contribution in [0.25, 0.3) is 0 Å². The van der Waals surface area contributed by atoms with Crippen LogP contribution in [0.5, 0.6) is 5.75 Å². The number of piperidine rings is 1. The second-order valence-electron chi connectivity index (χ2n) is 10.2. The number of nitrogens with zero attached hydrogens (tertiary/aromatic N) is 2. The fourth-order valence-electron chi connectivity index (χ4n) is 4.89. The van der Waals surface area contributed by atoms with Gasteiger partial charge in [0.2, 0.25) is 20.0 Å². The molecule has 1 amide bonds. The van der Waals surface area contributed by atoms with Crippen LogP contribution in [0, 0.1) is 13.8 Å². The number of rotatable bonds is 11. The molecule has 1 heterocycles. The Balaban J connectivity index is 1.29. The fourth-order valence-corrected chi connectivity index (χ4v) is 7.41. The second kappa shape index (κ2) is 13.1. The number of benzene rings is 3. The summed E-state index contributed by atoms with van der Waals surface area (Å²) in [5.41, 5.74) is 3.59. The Morgan fingerprint density at radius 2 is 1.49 bits per heavy atom. The van der Waals surface area contributed by atoms with Gasteiger partial charge in [0.05, 0.1) is 29.9 Å². The molecule has 1 N–H and O–H groups in total. The van der Waals surface area contributed by atoms with Crippen molar-refractivity contribution in [2.24, 2.45) is 0 Å². The minimum Gasteiger partial charge on any atom is -0.492 e. The highest BCUT2D eigenvalue weighted by Crippen LogP contribution is 2.28. The maximum Gasteiger partial charge on any atom is 0.251 e. The number of hydrogen-bond acceptors (Lipinski definition) is 6. The number of anilines is 1. The molecule has 0 saturated carbocycles. The summed E-state index contributed by atoms with van der Waals surface area (Å²) in [6.45, 7) is 5.48. The van der Waals surface area contributed by atoms with Crippen molar-refractivity contribution in [1.29, 1.82) is 0 Å². The van der Waals surface area contributed by atoms with Crippen LogP contribution in [0.15, 0.2) is 71.6 Å². The van der Waals surface area contributed by atoms with E-state index in [1.54, 1.807) is 48.5 Å². The van der Waals surface area contributed by atoms with E-state index in [0.717, 1.165) is 36.0 Å². The van der Waals surface area contributed by atoms with Crippen molar-refractivity contribution in [3.8, 4) is 5.75 Å². The van der Waals surface area contributed by atoms with E-state index < -0.39 is 20.0 Å². The number of sulfonamides is 2. The molecule has 0 radical (unpaired) electrons. The van der Waals surface area contributed by atoms with Crippen molar-refractivity contribution in [1.82, 2.24) is 9.62 Å². The van der Waals surface area contributed by atoms with Crippen molar-refractivity contribution in [2.75, 3.05) is 36.8 Å². The van der Waals surface area contributed by atoms with E-state index in [1.807, 2.05) is 32.0 Å². The molecule has 1 aliphatic rings. The number of nitrogens with one attached hydrogen (secondary N) is 1. The van der Waals surface area contributed by atoms with Crippen LogP contribution in [0.4, 0.5) is 5.69 Å². The van der Waals surface area contributed by atoms with Gasteiger partial charge in [-0.05, 0) is 79.8 Å². The Labute approximate surface area is 243 Å². The van der Waals surface area contributed by atoms with Crippen molar-refractivity contribution < 1.29 is 26.4 Å². The van der Waals surface area contributed by atoms with E-state index >= 15 is 0 Å². The normalized spacial score (nSPS) is 14.4. The first kappa shape index (κ1) is 30.5. The Hall–Kier alpha value is -3.41. The molecule has 41 heavy (non-hydrogen) atoms. The summed E-state index contributed by atoms with van der Waals surface area (Å²) in [4.78, 5) is 12.9. The molecule has 0 aromatic heterocycles. The summed E-state index contributed by atoms with van der Waals surface area (Å²) in [5.74, 6) is 0.235. The van der Waals surface area contributed by atoms with E-state index in [-0.39, 0.29) is 30.5 Å². The largest absolute Gasteiger partial charge is 0.492 e. The molecule has 0 atom stereocenters. The summed E-state index contributed by atoms with van der Waals surface area (Å²) in [6, 6.07) is 18.8. The third-order valence-electron chi connectivity index (χ3n) is 7.06. The summed E-state index contributed by atoms with van der Waals surface area (Å²) < 4.78 is 59.4. The summed E-state index contributed by atoms with van der Waals surface area (Å²) in [5, 5.41) is 2.80. The lowest BCUT2D eigenvalue weighted by Crippen LogP contribution is -2.35. The van der Waals surface area contributed by atoms with Gasteiger partial charge in [0.15, 0.2) is 0 Å². The molecule has 11 heteroatoms. The van der Waals surface area contributed by atoms with Crippen molar-refractivity contribution in [3.63, 3.8) is 0 Å². The van der Waals surface area contributed by atoms with Crippen LogP contribution < -0.4 is 14.4 Å². The predicted octanol–water partition coefficient (Wildman–Crippen LogP) is 4.25. The first-order valence-corrected chi connectivity index (χ1v) is 16.9. The third kappa shape index (κ3) is 7.66.